The Kier molecular flexibility index (Phi) is 9.23. The molecule has 12 heteroatoms. The van der Waals surface area contributed by atoms with Crippen molar-refractivity contribution in [1.82, 2.24) is 25.1 Å². The number of phenols is 1. The van der Waals surface area contributed by atoms with Crippen LogP contribution in [-0.4, -0.2) is 80.5 Å². The molecule has 11 nitrogen and oxygen atoms in total. The van der Waals surface area contributed by atoms with Crippen molar-refractivity contribution in [3.8, 4) is 5.75 Å². The number of phenolic OH excluding ortho intramolecular Hbond substituents is 1. The van der Waals surface area contributed by atoms with Crippen molar-refractivity contribution in [3.63, 3.8) is 0 Å². The van der Waals surface area contributed by atoms with Gasteiger partial charge in [0, 0.05) is 33.0 Å². The quantitative estimate of drug-likeness (QED) is 0.232. The normalized spacial score (nSPS) is 18.3. The van der Waals surface area contributed by atoms with Gasteiger partial charge < -0.3 is 25.5 Å². The first-order valence-electron chi connectivity index (χ1n) is 15.3. The first-order valence-corrected chi connectivity index (χ1v) is 16.2. The van der Waals surface area contributed by atoms with Gasteiger partial charge >= 0.3 is 6.03 Å². The average Bonchev–Trinajstić information content (AvgIpc) is 3.47. The van der Waals surface area contributed by atoms with Crippen molar-refractivity contribution >= 4 is 50.9 Å². The van der Waals surface area contributed by atoms with Crippen LogP contribution < -0.4 is 10.6 Å². The molecule has 5 amide bonds. The second-order valence-electron chi connectivity index (χ2n) is 11.6. The van der Waals surface area contributed by atoms with Crippen LogP contribution in [0.2, 0.25) is 0 Å². The van der Waals surface area contributed by atoms with Crippen LogP contribution in [0.5, 0.6) is 5.75 Å². The van der Waals surface area contributed by atoms with Gasteiger partial charge in [0.25, 0.3) is 0 Å². The van der Waals surface area contributed by atoms with Crippen molar-refractivity contribution < 1.29 is 24.3 Å². The zero-order valence-corrected chi connectivity index (χ0v) is 26.8. The maximum absolute atomic E-state index is 14.3. The molecule has 0 saturated carbocycles. The molecule has 47 heavy (non-hydrogen) atoms. The first kappa shape index (κ1) is 31.8. The minimum absolute atomic E-state index is 0.0891. The fourth-order valence-corrected chi connectivity index (χ4v) is 7.31. The van der Waals surface area contributed by atoms with Gasteiger partial charge in [-0.15, -0.1) is 17.9 Å². The predicted octanol–water partition coefficient (Wildman–Crippen LogP) is 4.30. The minimum Gasteiger partial charge on any atom is -0.508 e. The number of fused-ring (bicyclic) bond motifs is 2. The number of benzene rings is 3. The number of thiophene rings is 1. The van der Waals surface area contributed by atoms with Gasteiger partial charge in [0.1, 0.15) is 18.0 Å². The molecule has 0 aliphatic carbocycles. The Morgan fingerprint density at radius 1 is 1.02 bits per heavy atom. The Hall–Kier alpha value is -5.20. The maximum atomic E-state index is 14.3. The highest BCUT2D eigenvalue weighted by Crippen LogP contribution is 2.35. The summed E-state index contributed by atoms with van der Waals surface area (Å²) in [6.07, 6.45) is 1.06. The zero-order chi connectivity index (χ0) is 33.1. The number of anilines is 1. The third-order valence-corrected chi connectivity index (χ3v) is 9.46. The van der Waals surface area contributed by atoms with E-state index in [1.165, 1.54) is 18.3 Å². The zero-order valence-electron chi connectivity index (χ0n) is 26.0. The molecule has 2 fully saturated rings. The summed E-state index contributed by atoms with van der Waals surface area (Å²) in [6.45, 7) is 6.09. The Bertz CT molecular complexity index is 1810. The fourth-order valence-electron chi connectivity index (χ4n) is 6.28. The maximum Gasteiger partial charge on any atom is 0.334 e. The fraction of sp³-hybridized carbons (Fsp3) is 0.257. The van der Waals surface area contributed by atoms with Crippen LogP contribution in [0.15, 0.2) is 90.8 Å². The average molecular weight is 653 g/mol. The summed E-state index contributed by atoms with van der Waals surface area (Å²) in [5.74, 6) is -0.572. The van der Waals surface area contributed by atoms with Crippen molar-refractivity contribution in [2.45, 2.75) is 38.6 Å². The number of nitrogens with one attached hydrogen (secondary N) is 2. The van der Waals surface area contributed by atoms with E-state index in [0.29, 0.717) is 5.69 Å². The summed E-state index contributed by atoms with van der Waals surface area (Å²) in [6, 6.07) is 20.5. The molecule has 6 rings (SSSR count). The SMILES string of the molecule is C=CCN1CC(=O)N2[C@@H](Cc3ccc(O)cc3)C(=O)N(Cc3csc4c(NC(C)=O)cccc34)C[C@@H]2N1C(=O)NCc1ccccc1. The minimum atomic E-state index is -0.888. The highest BCUT2D eigenvalue weighted by atomic mass is 32.1. The number of aromatic hydroxyl groups is 1. The van der Waals surface area contributed by atoms with Gasteiger partial charge in [-0.2, -0.15) is 0 Å². The van der Waals surface area contributed by atoms with Gasteiger partial charge in [0.15, 0.2) is 0 Å². The van der Waals surface area contributed by atoms with Crippen LogP contribution >= 0.6 is 11.3 Å². The summed E-state index contributed by atoms with van der Waals surface area (Å²) < 4.78 is 0.899. The number of urea groups is 1. The third kappa shape index (κ3) is 6.69. The van der Waals surface area contributed by atoms with Crippen LogP contribution in [0.25, 0.3) is 10.1 Å². The predicted molar refractivity (Wildman–Crippen MR) is 180 cm³/mol. The van der Waals surface area contributed by atoms with E-state index in [0.717, 1.165) is 26.8 Å². The van der Waals surface area contributed by atoms with Crippen molar-refractivity contribution in [3.05, 3.63) is 108 Å². The lowest BCUT2D eigenvalue weighted by molar-refractivity contribution is -0.189. The number of hydrogen-bond donors (Lipinski definition) is 3. The molecule has 0 bridgehead atoms. The monoisotopic (exact) mass is 652 g/mol. The van der Waals surface area contributed by atoms with Gasteiger partial charge in [-0.05, 0) is 45.7 Å². The Morgan fingerprint density at radius 2 is 1.79 bits per heavy atom. The summed E-state index contributed by atoms with van der Waals surface area (Å²) >= 11 is 1.48. The molecular weight excluding hydrogens is 616 g/mol. The van der Waals surface area contributed by atoms with E-state index in [9.17, 15) is 24.3 Å². The number of hydrogen-bond acceptors (Lipinski definition) is 7. The van der Waals surface area contributed by atoms with Gasteiger partial charge in [-0.1, -0.05) is 60.7 Å². The summed E-state index contributed by atoms with van der Waals surface area (Å²) in [5.41, 5.74) is 3.29. The van der Waals surface area contributed by atoms with Crippen LogP contribution in [0, 0.1) is 0 Å². The molecule has 3 aromatic carbocycles. The Morgan fingerprint density at radius 3 is 2.51 bits per heavy atom. The van der Waals surface area contributed by atoms with Gasteiger partial charge in [-0.25, -0.2) is 14.8 Å². The molecule has 2 aliphatic heterocycles. The molecule has 0 spiro atoms. The van der Waals surface area contributed by atoms with Crippen molar-refractivity contribution in [1.29, 1.82) is 0 Å². The number of amides is 5. The Labute approximate surface area is 276 Å². The van der Waals surface area contributed by atoms with E-state index in [1.807, 2.05) is 53.9 Å². The molecule has 242 valence electrons. The molecule has 2 aliphatic rings. The summed E-state index contributed by atoms with van der Waals surface area (Å²) in [4.78, 5) is 57.2. The second-order valence-corrected chi connectivity index (χ2v) is 12.5. The Balaban J connectivity index is 1.36. The third-order valence-electron chi connectivity index (χ3n) is 8.38. The molecule has 1 aromatic heterocycles. The number of hydrazine groups is 1. The van der Waals surface area contributed by atoms with E-state index in [-0.39, 0.29) is 62.6 Å². The van der Waals surface area contributed by atoms with Crippen molar-refractivity contribution in [2.24, 2.45) is 0 Å². The van der Waals surface area contributed by atoms with E-state index in [4.69, 9.17) is 0 Å². The molecule has 3 N–H and O–H groups in total. The molecular formula is C35H36N6O5S. The number of carbonyl (C=O) groups is 4. The van der Waals surface area contributed by atoms with Gasteiger partial charge in [0.2, 0.25) is 17.7 Å². The molecule has 4 aromatic rings. The largest absolute Gasteiger partial charge is 0.508 e. The molecule has 0 radical (unpaired) electrons. The topological polar surface area (TPSA) is 126 Å². The smallest absolute Gasteiger partial charge is 0.334 e. The van der Waals surface area contributed by atoms with E-state index in [2.05, 4.69) is 17.2 Å². The summed E-state index contributed by atoms with van der Waals surface area (Å²) in [5, 5.41) is 21.9. The summed E-state index contributed by atoms with van der Waals surface area (Å²) in [7, 11) is 0. The lowest BCUT2D eigenvalue weighted by Crippen LogP contribution is -2.76. The molecule has 2 saturated heterocycles. The van der Waals surface area contributed by atoms with E-state index in [1.54, 1.807) is 50.2 Å². The van der Waals surface area contributed by atoms with Crippen LogP contribution in [0.3, 0.4) is 0 Å². The lowest BCUT2D eigenvalue weighted by atomic mass is 9.98. The molecule has 3 heterocycles. The lowest BCUT2D eigenvalue weighted by Gasteiger charge is -2.55. The highest BCUT2D eigenvalue weighted by molar-refractivity contribution is 7.18. The number of rotatable bonds is 9. The number of carbonyl (C=O) groups excluding carboxylic acids is 4. The van der Waals surface area contributed by atoms with Gasteiger partial charge in [-0.3, -0.25) is 14.4 Å². The van der Waals surface area contributed by atoms with Crippen LogP contribution in [0.1, 0.15) is 23.6 Å². The van der Waals surface area contributed by atoms with Gasteiger partial charge in [0.05, 0.1) is 23.5 Å². The van der Waals surface area contributed by atoms with E-state index >= 15 is 0 Å². The second kappa shape index (κ2) is 13.7. The standard InChI is InChI=1S/C35H36N6O5S/c1-3-16-39-21-32(44)40-30(17-24-12-14-27(43)15-13-24)34(45)38(19-26-22-47-33-28(26)10-7-11-29(33)37-23(2)42)20-31(40)41(39)35(46)36-18-25-8-5-4-6-9-25/h3-15,22,30-31,43H,1,16-21H2,2H3,(H,36,46)(H,37,42)/t30-,31-/m0/s1. The van der Waals surface area contributed by atoms with E-state index < -0.39 is 18.2 Å². The molecule has 0 unspecified atom stereocenters. The molecule has 2 atom stereocenters. The number of piperazine rings is 1. The first-order chi connectivity index (χ1) is 22.7. The van der Waals surface area contributed by atoms with Crippen LogP contribution in [0.4, 0.5) is 10.5 Å². The van der Waals surface area contributed by atoms with Crippen LogP contribution in [-0.2, 0) is 33.9 Å². The highest BCUT2D eigenvalue weighted by Gasteiger charge is 2.51. The number of nitrogens with zero attached hydrogens (tertiary/aromatic N) is 4. The van der Waals surface area contributed by atoms with Crippen molar-refractivity contribution in [2.75, 3.05) is 25.0 Å².